The Kier molecular flexibility index (Phi) is 4.81. The average Bonchev–Trinajstić information content (AvgIpc) is 2.81. The summed E-state index contributed by atoms with van der Waals surface area (Å²) in [5.41, 5.74) is 0.672. The minimum atomic E-state index is 0.00801. The third-order valence-electron chi connectivity index (χ3n) is 3.48. The molecular weight excluding hydrogens is 320 g/mol. The Morgan fingerprint density at radius 3 is 2.55 bits per heavy atom. The molecule has 1 unspecified atom stereocenters. The number of nitrogens with one attached hydrogen (secondary N) is 1. The number of benzene rings is 1. The van der Waals surface area contributed by atoms with E-state index in [0.717, 1.165) is 10.9 Å². The van der Waals surface area contributed by atoms with Gasteiger partial charge in [-0.2, -0.15) is 0 Å². The fourth-order valence-electron chi connectivity index (χ4n) is 2.34. The molecule has 0 saturated carbocycles. The monoisotopic (exact) mass is 338 g/mol. The molecule has 2 amide bonds. The molecule has 1 aliphatic heterocycles. The number of halogens is 1. The first-order valence-corrected chi connectivity index (χ1v) is 7.62. The van der Waals surface area contributed by atoms with E-state index in [9.17, 15) is 9.59 Å². The number of carbonyl (C=O) groups is 2. The minimum Gasteiger partial charge on any atom is -0.352 e. The van der Waals surface area contributed by atoms with Crippen LogP contribution in [0.15, 0.2) is 28.7 Å². The number of hydrogen-bond acceptors (Lipinski definition) is 2. The zero-order valence-electron chi connectivity index (χ0n) is 11.7. The Hall–Kier alpha value is -1.36. The Labute approximate surface area is 127 Å². The molecule has 20 heavy (non-hydrogen) atoms. The summed E-state index contributed by atoms with van der Waals surface area (Å²) in [6, 6.07) is 7.53. The van der Waals surface area contributed by atoms with Crippen molar-refractivity contribution in [2.75, 3.05) is 6.54 Å². The topological polar surface area (TPSA) is 49.4 Å². The summed E-state index contributed by atoms with van der Waals surface area (Å²) in [5.74, 6) is 0.0865. The van der Waals surface area contributed by atoms with Gasteiger partial charge in [0.2, 0.25) is 5.91 Å². The Bertz CT molecular complexity index is 499. The third kappa shape index (κ3) is 3.60. The second-order valence-electron chi connectivity index (χ2n) is 5.36. The van der Waals surface area contributed by atoms with Crippen molar-refractivity contribution in [3.8, 4) is 0 Å². The minimum absolute atomic E-state index is 0.00801. The van der Waals surface area contributed by atoms with Crippen LogP contribution >= 0.6 is 15.9 Å². The van der Waals surface area contributed by atoms with Crippen molar-refractivity contribution >= 4 is 27.7 Å². The maximum absolute atomic E-state index is 12.6. The highest BCUT2D eigenvalue weighted by Crippen LogP contribution is 2.16. The van der Waals surface area contributed by atoms with Gasteiger partial charge in [0.25, 0.3) is 5.91 Å². The largest absolute Gasteiger partial charge is 0.352 e. The van der Waals surface area contributed by atoms with Crippen LogP contribution in [0.4, 0.5) is 0 Å². The maximum atomic E-state index is 12.6. The van der Waals surface area contributed by atoms with Gasteiger partial charge in [0.1, 0.15) is 0 Å². The van der Waals surface area contributed by atoms with E-state index >= 15 is 0 Å². The average molecular weight is 339 g/mol. The van der Waals surface area contributed by atoms with Crippen LogP contribution in [-0.2, 0) is 4.79 Å². The second kappa shape index (κ2) is 6.39. The summed E-state index contributed by atoms with van der Waals surface area (Å²) >= 11 is 3.37. The lowest BCUT2D eigenvalue weighted by Crippen LogP contribution is -2.45. The number of nitrogens with zero attached hydrogens (tertiary/aromatic N) is 1. The van der Waals surface area contributed by atoms with Crippen molar-refractivity contribution in [3.05, 3.63) is 34.3 Å². The smallest absolute Gasteiger partial charge is 0.254 e. The first-order chi connectivity index (χ1) is 9.47. The van der Waals surface area contributed by atoms with E-state index in [-0.39, 0.29) is 23.9 Å². The van der Waals surface area contributed by atoms with Crippen molar-refractivity contribution in [1.29, 1.82) is 0 Å². The number of carbonyl (C=O) groups excluding carboxylic acids is 2. The molecule has 1 atom stereocenters. The zero-order valence-corrected chi connectivity index (χ0v) is 13.3. The Morgan fingerprint density at radius 2 is 2.05 bits per heavy atom. The molecule has 4 nitrogen and oxygen atoms in total. The van der Waals surface area contributed by atoms with Crippen LogP contribution < -0.4 is 5.32 Å². The lowest BCUT2D eigenvalue weighted by molar-refractivity contribution is -0.119. The van der Waals surface area contributed by atoms with E-state index in [4.69, 9.17) is 0 Å². The predicted molar refractivity (Wildman–Crippen MR) is 81.5 cm³/mol. The molecule has 0 radical (unpaired) electrons. The highest BCUT2D eigenvalue weighted by molar-refractivity contribution is 9.10. The van der Waals surface area contributed by atoms with Crippen LogP contribution in [0.1, 0.15) is 37.0 Å². The summed E-state index contributed by atoms with van der Waals surface area (Å²) in [7, 11) is 0. The number of amides is 2. The summed E-state index contributed by atoms with van der Waals surface area (Å²) in [6.07, 6.45) is 1.36. The molecule has 2 rings (SSSR count). The first-order valence-electron chi connectivity index (χ1n) is 6.83. The summed E-state index contributed by atoms with van der Waals surface area (Å²) in [5, 5.41) is 2.91. The van der Waals surface area contributed by atoms with Crippen molar-refractivity contribution < 1.29 is 9.59 Å². The molecule has 5 heteroatoms. The highest BCUT2D eigenvalue weighted by Gasteiger charge is 2.27. The number of hydrogen-bond donors (Lipinski definition) is 1. The standard InChI is InChI=1S/C15H19BrN2O2/c1-10(2)18(9-13-7-8-14(19)17-13)15(20)11-3-5-12(16)6-4-11/h3-6,10,13H,7-9H2,1-2H3,(H,17,19). The molecule has 0 bridgehead atoms. The van der Waals surface area contributed by atoms with Gasteiger partial charge < -0.3 is 10.2 Å². The van der Waals surface area contributed by atoms with E-state index in [1.807, 2.05) is 43.0 Å². The lowest BCUT2D eigenvalue weighted by atomic mass is 10.1. The summed E-state index contributed by atoms with van der Waals surface area (Å²) in [4.78, 5) is 25.6. The van der Waals surface area contributed by atoms with E-state index in [1.54, 1.807) is 0 Å². The third-order valence-corrected chi connectivity index (χ3v) is 4.01. The molecule has 1 heterocycles. The molecule has 1 aliphatic rings. The van der Waals surface area contributed by atoms with Crippen LogP contribution in [0.2, 0.25) is 0 Å². The molecule has 108 valence electrons. The molecule has 1 N–H and O–H groups in total. The van der Waals surface area contributed by atoms with Gasteiger partial charge in [-0.15, -0.1) is 0 Å². The molecule has 1 aromatic carbocycles. The van der Waals surface area contributed by atoms with E-state index in [2.05, 4.69) is 21.2 Å². The Balaban J connectivity index is 2.09. The molecular formula is C15H19BrN2O2. The maximum Gasteiger partial charge on any atom is 0.254 e. The zero-order chi connectivity index (χ0) is 14.7. The summed E-state index contributed by atoms with van der Waals surface area (Å²) < 4.78 is 0.952. The van der Waals surface area contributed by atoms with Crippen molar-refractivity contribution in [1.82, 2.24) is 10.2 Å². The quantitative estimate of drug-likeness (QED) is 0.917. The van der Waals surface area contributed by atoms with Gasteiger partial charge in [0, 0.05) is 35.1 Å². The van der Waals surface area contributed by atoms with Gasteiger partial charge in [-0.3, -0.25) is 9.59 Å². The van der Waals surface area contributed by atoms with Gasteiger partial charge in [-0.05, 0) is 44.5 Å². The summed E-state index contributed by atoms with van der Waals surface area (Å²) in [6.45, 7) is 4.55. The van der Waals surface area contributed by atoms with Crippen molar-refractivity contribution in [2.24, 2.45) is 0 Å². The van der Waals surface area contributed by atoms with Gasteiger partial charge in [-0.25, -0.2) is 0 Å². The van der Waals surface area contributed by atoms with Gasteiger partial charge >= 0.3 is 0 Å². The van der Waals surface area contributed by atoms with Crippen LogP contribution in [0.25, 0.3) is 0 Å². The van der Waals surface area contributed by atoms with Gasteiger partial charge in [-0.1, -0.05) is 15.9 Å². The SMILES string of the molecule is CC(C)N(CC1CCC(=O)N1)C(=O)c1ccc(Br)cc1. The number of rotatable bonds is 4. The highest BCUT2D eigenvalue weighted by atomic mass is 79.9. The normalized spacial score (nSPS) is 18.2. The molecule has 0 spiro atoms. The van der Waals surface area contributed by atoms with Crippen molar-refractivity contribution in [3.63, 3.8) is 0 Å². The fraction of sp³-hybridized carbons (Fsp3) is 0.467. The molecule has 1 aromatic rings. The van der Waals surface area contributed by atoms with Crippen LogP contribution in [0.3, 0.4) is 0 Å². The molecule has 1 saturated heterocycles. The van der Waals surface area contributed by atoms with Crippen molar-refractivity contribution in [2.45, 2.75) is 38.8 Å². The van der Waals surface area contributed by atoms with E-state index in [0.29, 0.717) is 18.5 Å². The van der Waals surface area contributed by atoms with Crippen LogP contribution in [0, 0.1) is 0 Å². The van der Waals surface area contributed by atoms with E-state index < -0.39 is 0 Å². The van der Waals surface area contributed by atoms with E-state index in [1.165, 1.54) is 0 Å². The van der Waals surface area contributed by atoms with Gasteiger partial charge in [0.15, 0.2) is 0 Å². The van der Waals surface area contributed by atoms with Gasteiger partial charge in [0.05, 0.1) is 0 Å². The Morgan fingerprint density at radius 1 is 1.40 bits per heavy atom. The predicted octanol–water partition coefficient (Wildman–Crippen LogP) is 2.58. The molecule has 0 aromatic heterocycles. The van der Waals surface area contributed by atoms with Crippen LogP contribution in [0.5, 0.6) is 0 Å². The molecule has 0 aliphatic carbocycles. The first kappa shape index (κ1) is 15.0. The second-order valence-corrected chi connectivity index (χ2v) is 6.28. The lowest BCUT2D eigenvalue weighted by Gasteiger charge is -2.29. The van der Waals surface area contributed by atoms with Crippen LogP contribution in [-0.4, -0.2) is 35.3 Å². The molecule has 1 fully saturated rings. The fourth-order valence-corrected chi connectivity index (χ4v) is 2.60.